The molecule has 0 aliphatic carbocycles. The summed E-state index contributed by atoms with van der Waals surface area (Å²) in [7, 11) is 0. The summed E-state index contributed by atoms with van der Waals surface area (Å²) < 4.78 is 4.88. The van der Waals surface area contributed by atoms with Crippen molar-refractivity contribution in [1.29, 1.82) is 0 Å². The molecule has 0 saturated carbocycles. The van der Waals surface area contributed by atoms with Gasteiger partial charge in [-0.1, -0.05) is 20.8 Å². The van der Waals surface area contributed by atoms with Crippen LogP contribution in [0.25, 0.3) is 0 Å². The van der Waals surface area contributed by atoms with Crippen LogP contribution in [0.5, 0.6) is 0 Å². The molecule has 0 radical (unpaired) electrons. The molecule has 0 saturated heterocycles. The summed E-state index contributed by atoms with van der Waals surface area (Å²) in [6, 6.07) is 1.68. The van der Waals surface area contributed by atoms with Gasteiger partial charge in [-0.2, -0.15) is 0 Å². The molecule has 3 heteroatoms. The van der Waals surface area contributed by atoms with Crippen molar-refractivity contribution in [1.82, 2.24) is 0 Å². The van der Waals surface area contributed by atoms with E-state index in [1.165, 1.54) is 12.5 Å². The normalized spacial score (nSPS) is 12.7. The van der Waals surface area contributed by atoms with Crippen molar-refractivity contribution >= 4 is 11.6 Å². The first-order chi connectivity index (χ1) is 8.49. The Kier molecular flexibility index (Phi) is 5.83. The molecule has 0 aliphatic heterocycles. The van der Waals surface area contributed by atoms with Crippen LogP contribution < -0.4 is 0 Å². The van der Waals surface area contributed by atoms with Crippen molar-refractivity contribution in [3.8, 4) is 0 Å². The molecule has 1 heterocycles. The Bertz CT molecular complexity index is 376. The molecule has 1 atom stereocenters. The first-order valence-corrected chi connectivity index (χ1v) is 6.56. The van der Waals surface area contributed by atoms with E-state index >= 15 is 0 Å². The number of hydrogen-bond acceptors (Lipinski definition) is 3. The quantitative estimate of drug-likeness (QED) is 0.658. The zero-order chi connectivity index (χ0) is 13.5. The maximum absolute atomic E-state index is 11.7. The standard InChI is InChI=1S/C15H22O3/c1-11(2)8-14(16)9-12(3)4-5-15(17)13-6-7-18-10-13/h6-7,10-12H,4-5,8-9H2,1-3H3/t12-/m0/s1. The molecule has 1 rings (SSSR count). The molecule has 0 bridgehead atoms. The number of Topliss-reactive ketones (excluding diaryl/α,β-unsaturated/α-hetero) is 2. The van der Waals surface area contributed by atoms with Crippen molar-refractivity contribution < 1.29 is 14.0 Å². The smallest absolute Gasteiger partial charge is 0.166 e. The molecule has 0 fully saturated rings. The molecule has 0 aromatic carbocycles. The maximum atomic E-state index is 11.7. The van der Waals surface area contributed by atoms with E-state index in [0.29, 0.717) is 36.5 Å². The lowest BCUT2D eigenvalue weighted by Crippen LogP contribution is -2.10. The van der Waals surface area contributed by atoms with E-state index < -0.39 is 0 Å². The SMILES string of the molecule is CC(C)CC(=O)C[C@@H](C)CCC(=O)c1ccoc1. The van der Waals surface area contributed by atoms with Gasteiger partial charge in [0.25, 0.3) is 0 Å². The number of hydrogen-bond donors (Lipinski definition) is 0. The largest absolute Gasteiger partial charge is 0.472 e. The van der Waals surface area contributed by atoms with Gasteiger partial charge >= 0.3 is 0 Å². The first-order valence-electron chi connectivity index (χ1n) is 6.56. The maximum Gasteiger partial charge on any atom is 0.166 e. The van der Waals surface area contributed by atoms with Crippen molar-refractivity contribution in [3.63, 3.8) is 0 Å². The second-order valence-corrected chi connectivity index (χ2v) is 5.42. The molecular formula is C15H22O3. The molecule has 0 amide bonds. The van der Waals surface area contributed by atoms with Gasteiger partial charge in [0.05, 0.1) is 11.8 Å². The highest BCUT2D eigenvalue weighted by atomic mass is 16.3. The Morgan fingerprint density at radius 3 is 2.50 bits per heavy atom. The molecule has 0 aliphatic rings. The summed E-state index contributed by atoms with van der Waals surface area (Å²) in [5.74, 6) is 1.07. The number of ketones is 2. The predicted molar refractivity (Wildman–Crippen MR) is 70.5 cm³/mol. The van der Waals surface area contributed by atoms with Crippen molar-refractivity contribution in [2.75, 3.05) is 0 Å². The van der Waals surface area contributed by atoms with Gasteiger partial charge in [0, 0.05) is 19.3 Å². The van der Waals surface area contributed by atoms with Crippen LogP contribution in [0.3, 0.4) is 0 Å². The minimum atomic E-state index is 0.0897. The summed E-state index contributed by atoms with van der Waals surface area (Å²) in [6.45, 7) is 6.12. The van der Waals surface area contributed by atoms with Crippen LogP contribution in [0.15, 0.2) is 23.0 Å². The minimum absolute atomic E-state index is 0.0897. The van der Waals surface area contributed by atoms with E-state index in [2.05, 4.69) is 0 Å². The number of furan rings is 1. The fourth-order valence-corrected chi connectivity index (χ4v) is 1.97. The fourth-order valence-electron chi connectivity index (χ4n) is 1.97. The zero-order valence-electron chi connectivity index (χ0n) is 11.4. The lowest BCUT2D eigenvalue weighted by Gasteiger charge is -2.10. The second kappa shape index (κ2) is 7.14. The van der Waals surface area contributed by atoms with Crippen LogP contribution >= 0.6 is 0 Å². The zero-order valence-corrected chi connectivity index (χ0v) is 11.4. The lowest BCUT2D eigenvalue weighted by molar-refractivity contribution is -0.120. The molecule has 100 valence electrons. The monoisotopic (exact) mass is 250 g/mol. The van der Waals surface area contributed by atoms with Crippen molar-refractivity contribution in [2.24, 2.45) is 11.8 Å². The topological polar surface area (TPSA) is 47.3 Å². The molecule has 3 nitrogen and oxygen atoms in total. The Hall–Kier alpha value is -1.38. The summed E-state index contributed by atoms with van der Waals surface area (Å²) in [5, 5.41) is 0. The highest BCUT2D eigenvalue weighted by molar-refractivity contribution is 5.95. The summed E-state index contributed by atoms with van der Waals surface area (Å²) in [5.41, 5.74) is 0.621. The summed E-state index contributed by atoms with van der Waals surface area (Å²) in [4.78, 5) is 23.4. The van der Waals surface area contributed by atoms with Gasteiger partial charge in [-0.3, -0.25) is 9.59 Å². The van der Waals surface area contributed by atoms with Crippen molar-refractivity contribution in [2.45, 2.75) is 46.5 Å². The van der Waals surface area contributed by atoms with Crippen molar-refractivity contribution in [3.05, 3.63) is 24.2 Å². The highest BCUT2D eigenvalue weighted by Gasteiger charge is 2.13. The fraction of sp³-hybridized carbons (Fsp3) is 0.600. The van der Waals surface area contributed by atoms with Gasteiger partial charge in [-0.25, -0.2) is 0 Å². The first kappa shape index (κ1) is 14.7. The van der Waals surface area contributed by atoms with E-state index in [4.69, 9.17) is 4.42 Å². The Balaban J connectivity index is 2.27. The number of rotatable bonds is 8. The van der Waals surface area contributed by atoms with Gasteiger partial charge < -0.3 is 4.42 Å². The van der Waals surface area contributed by atoms with E-state index in [-0.39, 0.29) is 11.7 Å². The third kappa shape index (κ3) is 5.30. The second-order valence-electron chi connectivity index (χ2n) is 5.42. The lowest BCUT2D eigenvalue weighted by atomic mass is 9.93. The Morgan fingerprint density at radius 2 is 1.94 bits per heavy atom. The number of carbonyl (C=O) groups excluding carboxylic acids is 2. The van der Waals surface area contributed by atoms with Crippen LogP contribution in [0, 0.1) is 11.8 Å². The molecule has 0 N–H and O–H groups in total. The number of carbonyl (C=O) groups is 2. The average Bonchev–Trinajstić information content (AvgIpc) is 2.77. The van der Waals surface area contributed by atoms with E-state index in [1.807, 2.05) is 20.8 Å². The van der Waals surface area contributed by atoms with E-state index in [1.54, 1.807) is 6.07 Å². The summed E-state index contributed by atoms with van der Waals surface area (Å²) in [6.07, 6.45) is 5.43. The third-order valence-electron chi connectivity index (χ3n) is 2.92. The van der Waals surface area contributed by atoms with Crippen LogP contribution in [0.4, 0.5) is 0 Å². The Morgan fingerprint density at radius 1 is 1.22 bits per heavy atom. The molecule has 1 aromatic heterocycles. The van der Waals surface area contributed by atoms with Gasteiger partial charge in [-0.05, 0) is 24.3 Å². The highest BCUT2D eigenvalue weighted by Crippen LogP contribution is 2.16. The van der Waals surface area contributed by atoms with Crippen LogP contribution in [0.2, 0.25) is 0 Å². The molecule has 0 unspecified atom stereocenters. The predicted octanol–water partition coefficient (Wildman–Crippen LogP) is 3.88. The van der Waals surface area contributed by atoms with Crippen LogP contribution in [0.1, 0.15) is 56.8 Å². The van der Waals surface area contributed by atoms with Crippen LogP contribution in [-0.4, -0.2) is 11.6 Å². The Labute approximate surface area is 109 Å². The molecule has 18 heavy (non-hydrogen) atoms. The molecule has 1 aromatic rings. The molecule has 0 spiro atoms. The van der Waals surface area contributed by atoms with Gasteiger partial charge in [0.1, 0.15) is 12.0 Å². The summed E-state index contributed by atoms with van der Waals surface area (Å²) >= 11 is 0. The molecular weight excluding hydrogens is 228 g/mol. The van der Waals surface area contributed by atoms with E-state index in [0.717, 1.165) is 6.42 Å². The van der Waals surface area contributed by atoms with E-state index in [9.17, 15) is 9.59 Å². The van der Waals surface area contributed by atoms with Gasteiger partial charge in [0.15, 0.2) is 5.78 Å². The van der Waals surface area contributed by atoms with Gasteiger partial charge in [0.2, 0.25) is 0 Å². The third-order valence-corrected chi connectivity index (χ3v) is 2.92. The van der Waals surface area contributed by atoms with Gasteiger partial charge in [-0.15, -0.1) is 0 Å². The minimum Gasteiger partial charge on any atom is -0.472 e. The van der Waals surface area contributed by atoms with Crippen LogP contribution in [-0.2, 0) is 4.79 Å². The average molecular weight is 250 g/mol.